The third-order valence-corrected chi connectivity index (χ3v) is 8.78. The molecule has 1 saturated heterocycles. The van der Waals surface area contributed by atoms with Crippen molar-refractivity contribution in [2.75, 3.05) is 24.9 Å². The Morgan fingerprint density at radius 1 is 1.00 bits per heavy atom. The van der Waals surface area contributed by atoms with Gasteiger partial charge in [0.25, 0.3) is 10.0 Å². The Balaban J connectivity index is 1.61. The quantitative estimate of drug-likeness (QED) is 0.244. The van der Waals surface area contributed by atoms with Gasteiger partial charge in [-0.05, 0) is 68.1 Å². The number of alkyl halides is 3. The summed E-state index contributed by atoms with van der Waals surface area (Å²) in [6, 6.07) is 13.5. The maximum absolute atomic E-state index is 14.8. The van der Waals surface area contributed by atoms with Crippen molar-refractivity contribution in [3.8, 4) is 22.9 Å². The molecule has 1 aliphatic heterocycles. The Hall–Kier alpha value is -3.97. The fourth-order valence-electron chi connectivity index (χ4n) is 5.20. The summed E-state index contributed by atoms with van der Waals surface area (Å²) in [4.78, 5) is 10.1. The molecule has 2 aromatic heterocycles. The van der Waals surface area contributed by atoms with Crippen molar-refractivity contribution < 1.29 is 26.3 Å². The van der Waals surface area contributed by atoms with Crippen LogP contribution in [0, 0.1) is 0 Å². The van der Waals surface area contributed by atoms with E-state index in [2.05, 4.69) is 31.7 Å². The summed E-state index contributed by atoms with van der Waals surface area (Å²) in [6.45, 7) is 5.64. The van der Waals surface area contributed by atoms with E-state index < -0.39 is 39.3 Å². The zero-order valence-corrected chi connectivity index (χ0v) is 25.1. The lowest BCUT2D eigenvalue weighted by Gasteiger charge is -2.29. The summed E-state index contributed by atoms with van der Waals surface area (Å²) in [5.41, 5.74) is 0.173. The minimum absolute atomic E-state index is 0.130. The summed E-state index contributed by atoms with van der Waals surface area (Å²) in [5, 5.41) is 3.87. The van der Waals surface area contributed by atoms with E-state index in [-0.39, 0.29) is 22.1 Å². The number of benzene rings is 2. The second kappa shape index (κ2) is 12.0. The van der Waals surface area contributed by atoms with E-state index >= 15 is 0 Å². The number of hydrogen-bond donors (Lipinski definition) is 1. The first-order valence-electron chi connectivity index (χ1n) is 13.9. The van der Waals surface area contributed by atoms with Crippen LogP contribution in [0.15, 0.2) is 65.8 Å². The van der Waals surface area contributed by atoms with Gasteiger partial charge in [-0.3, -0.25) is 4.68 Å². The normalized spacial score (nSPS) is 15.2. The van der Waals surface area contributed by atoms with Gasteiger partial charge >= 0.3 is 6.18 Å². The Bertz CT molecular complexity index is 1700. The highest BCUT2D eigenvalue weighted by Crippen LogP contribution is 2.45. The van der Waals surface area contributed by atoms with Gasteiger partial charge in [-0.2, -0.15) is 23.3 Å². The van der Waals surface area contributed by atoms with Crippen molar-refractivity contribution >= 4 is 16.0 Å². The van der Waals surface area contributed by atoms with Crippen molar-refractivity contribution in [1.82, 2.24) is 24.6 Å². The molecule has 0 spiro atoms. The Morgan fingerprint density at radius 3 is 2.28 bits per heavy atom. The van der Waals surface area contributed by atoms with Gasteiger partial charge in [0.15, 0.2) is 0 Å². The Morgan fingerprint density at radius 2 is 1.67 bits per heavy atom. The van der Waals surface area contributed by atoms with E-state index in [0.717, 1.165) is 37.7 Å². The molecule has 0 saturated carbocycles. The number of aryl methyl sites for hydroxylation is 1. The molecule has 4 aromatic rings. The molecule has 5 rings (SSSR count). The van der Waals surface area contributed by atoms with Crippen LogP contribution in [0.3, 0.4) is 0 Å². The molecule has 0 unspecified atom stereocenters. The molecule has 228 valence electrons. The van der Waals surface area contributed by atoms with Gasteiger partial charge in [-0.15, -0.1) is 0 Å². The molecule has 0 aliphatic carbocycles. The highest BCUT2D eigenvalue weighted by molar-refractivity contribution is 7.92. The zero-order valence-electron chi connectivity index (χ0n) is 24.3. The smallest absolute Gasteiger partial charge is 0.423 e. The highest BCUT2D eigenvalue weighted by atomic mass is 32.2. The van der Waals surface area contributed by atoms with Gasteiger partial charge < -0.3 is 9.64 Å². The van der Waals surface area contributed by atoms with Crippen LogP contribution in [0.25, 0.3) is 11.3 Å². The van der Waals surface area contributed by atoms with Crippen molar-refractivity contribution in [3.63, 3.8) is 0 Å². The first-order chi connectivity index (χ1) is 20.3. The predicted molar refractivity (Wildman–Crippen MR) is 157 cm³/mol. The van der Waals surface area contributed by atoms with E-state index in [1.807, 2.05) is 26.0 Å². The summed E-state index contributed by atoms with van der Waals surface area (Å²) < 4.78 is 79.8. The van der Waals surface area contributed by atoms with Crippen molar-refractivity contribution in [1.29, 1.82) is 0 Å². The third kappa shape index (κ3) is 6.83. The van der Waals surface area contributed by atoms with Gasteiger partial charge in [0.05, 0.1) is 11.9 Å². The van der Waals surface area contributed by atoms with Gasteiger partial charge in [0.2, 0.25) is 11.8 Å². The molecule has 0 atom stereocenters. The van der Waals surface area contributed by atoms with Gasteiger partial charge in [-0.1, -0.05) is 50.2 Å². The van der Waals surface area contributed by atoms with Crippen molar-refractivity contribution in [2.45, 2.75) is 49.6 Å². The molecular weight excluding hydrogens is 581 g/mol. The lowest BCUT2D eigenvalue weighted by atomic mass is 9.90. The summed E-state index contributed by atoms with van der Waals surface area (Å²) >= 11 is 0. The molecule has 9 nitrogen and oxygen atoms in total. The first-order valence-corrected chi connectivity index (χ1v) is 15.4. The first kappa shape index (κ1) is 30.5. The lowest BCUT2D eigenvalue weighted by molar-refractivity contribution is -0.138. The van der Waals surface area contributed by atoms with Crippen LogP contribution in [0.2, 0.25) is 0 Å². The standard InChI is InChI=1S/C30H33F3N6O3S/c1-19(2)24-7-5-6-8-25(24)27-26(30(31,32)33)28(36-29(35-27)37-43(40,41)23-17-34-39(4)18-23)42-22-11-9-20(10-12-22)21-13-15-38(3)16-14-21/h5-12,17-19,21H,13-16H2,1-4H3,(H,35,36,37). The van der Waals surface area contributed by atoms with Crippen LogP contribution in [0.1, 0.15) is 55.2 Å². The highest BCUT2D eigenvalue weighted by Gasteiger charge is 2.41. The van der Waals surface area contributed by atoms with Crippen LogP contribution in [0.5, 0.6) is 11.6 Å². The molecule has 1 N–H and O–H groups in total. The van der Waals surface area contributed by atoms with E-state index in [4.69, 9.17) is 4.74 Å². The zero-order chi connectivity index (χ0) is 30.9. The average molecular weight is 615 g/mol. The Labute approximate surface area is 248 Å². The second-order valence-electron chi connectivity index (χ2n) is 11.0. The largest absolute Gasteiger partial charge is 0.438 e. The number of hydrogen-bond acceptors (Lipinski definition) is 7. The minimum atomic E-state index is -4.93. The average Bonchev–Trinajstić information content (AvgIpc) is 3.40. The number of aromatic nitrogens is 4. The molecule has 0 amide bonds. The van der Waals surface area contributed by atoms with Gasteiger partial charge in [0, 0.05) is 18.8 Å². The van der Waals surface area contributed by atoms with Crippen LogP contribution < -0.4 is 9.46 Å². The van der Waals surface area contributed by atoms with Crippen molar-refractivity contribution in [2.24, 2.45) is 7.05 Å². The number of ether oxygens (including phenoxy) is 1. The summed E-state index contributed by atoms with van der Waals surface area (Å²) in [5.74, 6) is -1.05. The number of likely N-dealkylation sites (tertiary alicyclic amines) is 1. The van der Waals surface area contributed by atoms with E-state index in [1.54, 1.807) is 37.4 Å². The number of nitrogens with zero attached hydrogens (tertiary/aromatic N) is 5. The predicted octanol–water partition coefficient (Wildman–Crippen LogP) is 6.42. The molecule has 2 aromatic carbocycles. The number of rotatable bonds is 8. The number of halogens is 3. The minimum Gasteiger partial charge on any atom is -0.438 e. The molecule has 1 fully saturated rings. The molecule has 0 bridgehead atoms. The lowest BCUT2D eigenvalue weighted by Crippen LogP contribution is -2.29. The summed E-state index contributed by atoms with van der Waals surface area (Å²) in [7, 11) is -0.661. The van der Waals surface area contributed by atoms with Gasteiger partial charge in [-0.25, -0.2) is 18.1 Å². The maximum Gasteiger partial charge on any atom is 0.423 e. The van der Waals surface area contributed by atoms with Crippen LogP contribution in [-0.4, -0.2) is 53.2 Å². The Kier molecular flexibility index (Phi) is 8.48. The second-order valence-corrected chi connectivity index (χ2v) is 12.7. The number of piperidine rings is 1. The molecule has 3 heterocycles. The van der Waals surface area contributed by atoms with Crippen LogP contribution >= 0.6 is 0 Å². The van der Waals surface area contributed by atoms with Gasteiger partial charge in [0.1, 0.15) is 16.2 Å². The number of anilines is 1. The molecule has 1 aliphatic rings. The number of nitrogens with one attached hydrogen (secondary N) is 1. The third-order valence-electron chi connectivity index (χ3n) is 7.50. The monoisotopic (exact) mass is 614 g/mol. The van der Waals surface area contributed by atoms with E-state index in [0.29, 0.717) is 11.5 Å². The molecule has 43 heavy (non-hydrogen) atoms. The van der Waals surface area contributed by atoms with E-state index in [1.165, 1.54) is 16.9 Å². The van der Waals surface area contributed by atoms with Crippen LogP contribution in [-0.2, 0) is 23.2 Å². The molecule has 0 radical (unpaired) electrons. The fraction of sp³-hybridized carbons (Fsp3) is 0.367. The summed E-state index contributed by atoms with van der Waals surface area (Å²) in [6.07, 6.45) is -0.585. The van der Waals surface area contributed by atoms with E-state index in [9.17, 15) is 21.6 Å². The SMILES string of the molecule is CC(C)c1ccccc1-c1nc(NS(=O)(=O)c2cnn(C)c2)nc(Oc2ccc(C3CCN(C)CC3)cc2)c1C(F)(F)F. The van der Waals surface area contributed by atoms with Crippen LogP contribution in [0.4, 0.5) is 19.1 Å². The fourth-order valence-corrected chi connectivity index (χ4v) is 6.13. The van der Waals surface area contributed by atoms with Crippen molar-refractivity contribution in [3.05, 3.63) is 77.6 Å². The topological polar surface area (TPSA) is 102 Å². The maximum atomic E-state index is 14.8. The molecular formula is C30H33F3N6O3S. The molecule has 13 heteroatoms. The number of sulfonamides is 1.